The highest BCUT2D eigenvalue weighted by Crippen LogP contribution is 2.21. The minimum absolute atomic E-state index is 0.215. The standard InChI is InChI=1S/C17H22FN3O3S2/c1-12-16(17(22)19-9-4-10-21(2)26(3,23)24)25-15(20-12)11-13-5-7-14(18)8-6-13/h5-8H,4,9-11H2,1-3H3,(H,19,22). The number of thiazole rings is 1. The Balaban J connectivity index is 1.89. The van der Waals surface area contributed by atoms with E-state index in [0.717, 1.165) is 16.8 Å². The van der Waals surface area contributed by atoms with E-state index in [1.165, 1.54) is 34.8 Å². The molecule has 0 aliphatic rings. The Labute approximate surface area is 157 Å². The highest BCUT2D eigenvalue weighted by atomic mass is 32.2. The van der Waals surface area contributed by atoms with Gasteiger partial charge in [0.15, 0.2) is 0 Å². The molecule has 6 nitrogen and oxygen atoms in total. The molecule has 26 heavy (non-hydrogen) atoms. The van der Waals surface area contributed by atoms with E-state index in [-0.39, 0.29) is 11.7 Å². The maximum atomic E-state index is 13.0. The number of carbonyl (C=O) groups excluding carboxylic acids is 1. The molecule has 0 unspecified atom stereocenters. The Bertz CT molecular complexity index is 864. The van der Waals surface area contributed by atoms with E-state index in [0.29, 0.717) is 36.5 Å². The quantitative estimate of drug-likeness (QED) is 0.690. The van der Waals surface area contributed by atoms with Crippen molar-refractivity contribution in [1.82, 2.24) is 14.6 Å². The van der Waals surface area contributed by atoms with Crippen LogP contribution in [0, 0.1) is 12.7 Å². The van der Waals surface area contributed by atoms with Crippen LogP contribution in [0.25, 0.3) is 0 Å². The number of aromatic nitrogens is 1. The smallest absolute Gasteiger partial charge is 0.263 e. The first-order valence-electron chi connectivity index (χ1n) is 8.07. The van der Waals surface area contributed by atoms with Crippen molar-refractivity contribution in [1.29, 1.82) is 0 Å². The van der Waals surface area contributed by atoms with Crippen molar-refractivity contribution in [3.8, 4) is 0 Å². The molecule has 9 heteroatoms. The third kappa shape index (κ3) is 5.86. The number of sulfonamides is 1. The van der Waals surface area contributed by atoms with Crippen molar-refractivity contribution in [2.75, 3.05) is 26.4 Å². The van der Waals surface area contributed by atoms with Crippen LogP contribution in [0.4, 0.5) is 4.39 Å². The lowest BCUT2D eigenvalue weighted by atomic mass is 10.1. The molecule has 0 saturated carbocycles. The van der Waals surface area contributed by atoms with Gasteiger partial charge in [0.1, 0.15) is 10.7 Å². The SMILES string of the molecule is Cc1nc(Cc2ccc(F)cc2)sc1C(=O)NCCCN(C)S(C)(=O)=O. The fraction of sp³-hybridized carbons (Fsp3) is 0.412. The lowest BCUT2D eigenvalue weighted by Gasteiger charge is -2.13. The van der Waals surface area contributed by atoms with Gasteiger partial charge in [0.25, 0.3) is 5.91 Å². The first-order chi connectivity index (χ1) is 12.2. The molecule has 1 aromatic heterocycles. The number of carbonyl (C=O) groups is 1. The molecule has 2 aromatic rings. The maximum absolute atomic E-state index is 13.0. The zero-order valence-electron chi connectivity index (χ0n) is 15.0. The first-order valence-corrected chi connectivity index (χ1v) is 10.7. The van der Waals surface area contributed by atoms with E-state index in [1.807, 2.05) is 0 Å². The number of amides is 1. The average molecular weight is 400 g/mol. The van der Waals surface area contributed by atoms with Gasteiger partial charge >= 0.3 is 0 Å². The Morgan fingerprint density at radius 1 is 1.31 bits per heavy atom. The van der Waals surface area contributed by atoms with Crippen molar-refractivity contribution in [2.24, 2.45) is 0 Å². The average Bonchev–Trinajstić information content (AvgIpc) is 2.93. The van der Waals surface area contributed by atoms with Gasteiger partial charge in [-0.25, -0.2) is 22.1 Å². The minimum atomic E-state index is -3.20. The summed E-state index contributed by atoms with van der Waals surface area (Å²) in [4.78, 5) is 17.3. The third-order valence-corrected chi connectivity index (χ3v) is 6.29. The molecule has 0 atom stereocenters. The number of nitrogens with one attached hydrogen (secondary N) is 1. The van der Waals surface area contributed by atoms with Gasteiger partial charge in [-0.3, -0.25) is 4.79 Å². The lowest BCUT2D eigenvalue weighted by molar-refractivity contribution is 0.0956. The molecule has 0 fully saturated rings. The van der Waals surface area contributed by atoms with Crippen molar-refractivity contribution in [3.63, 3.8) is 0 Å². The number of hydrogen-bond donors (Lipinski definition) is 1. The van der Waals surface area contributed by atoms with Crippen LogP contribution in [0.15, 0.2) is 24.3 Å². The van der Waals surface area contributed by atoms with E-state index < -0.39 is 10.0 Å². The normalized spacial score (nSPS) is 11.7. The molecule has 1 heterocycles. The third-order valence-electron chi connectivity index (χ3n) is 3.82. The van der Waals surface area contributed by atoms with Gasteiger partial charge in [0, 0.05) is 26.6 Å². The number of aryl methyl sites for hydroxylation is 1. The van der Waals surface area contributed by atoms with Crippen LogP contribution in [0.2, 0.25) is 0 Å². The Morgan fingerprint density at radius 3 is 2.58 bits per heavy atom. The molecule has 0 radical (unpaired) electrons. The fourth-order valence-electron chi connectivity index (χ4n) is 2.27. The Hall–Kier alpha value is -1.84. The summed E-state index contributed by atoms with van der Waals surface area (Å²) in [5.41, 5.74) is 1.58. The molecule has 1 amide bonds. The second-order valence-electron chi connectivity index (χ2n) is 6.02. The van der Waals surface area contributed by atoms with Crippen LogP contribution in [0.1, 0.15) is 32.4 Å². The summed E-state index contributed by atoms with van der Waals surface area (Å²) in [6.07, 6.45) is 2.21. The molecule has 142 valence electrons. The number of hydrogen-bond acceptors (Lipinski definition) is 5. The van der Waals surface area contributed by atoms with Crippen molar-refractivity contribution < 1.29 is 17.6 Å². The summed E-state index contributed by atoms with van der Waals surface area (Å²) in [5.74, 6) is -0.502. The van der Waals surface area contributed by atoms with Crippen LogP contribution >= 0.6 is 11.3 Å². The summed E-state index contributed by atoms with van der Waals surface area (Å²) < 4.78 is 36.8. The fourth-order valence-corrected chi connectivity index (χ4v) is 3.74. The van der Waals surface area contributed by atoms with E-state index >= 15 is 0 Å². The van der Waals surface area contributed by atoms with E-state index in [9.17, 15) is 17.6 Å². The molecule has 0 bridgehead atoms. The van der Waals surface area contributed by atoms with Crippen molar-refractivity contribution in [3.05, 3.63) is 51.2 Å². The summed E-state index contributed by atoms with van der Waals surface area (Å²) in [6.45, 7) is 2.50. The molecular weight excluding hydrogens is 377 g/mol. The summed E-state index contributed by atoms with van der Waals surface area (Å²) in [5, 5.41) is 3.58. The second kappa shape index (κ2) is 8.70. The highest BCUT2D eigenvalue weighted by molar-refractivity contribution is 7.88. The second-order valence-corrected chi connectivity index (χ2v) is 9.19. The van der Waals surface area contributed by atoms with E-state index in [1.54, 1.807) is 19.1 Å². The van der Waals surface area contributed by atoms with Gasteiger partial charge in [0.05, 0.1) is 17.0 Å². The molecular formula is C17H22FN3O3S2. The predicted molar refractivity (Wildman–Crippen MR) is 100 cm³/mol. The molecule has 0 aliphatic heterocycles. The molecule has 0 saturated heterocycles. The molecule has 0 aliphatic carbocycles. The zero-order valence-corrected chi connectivity index (χ0v) is 16.6. The minimum Gasteiger partial charge on any atom is -0.351 e. The maximum Gasteiger partial charge on any atom is 0.263 e. The topological polar surface area (TPSA) is 79.4 Å². The molecule has 1 N–H and O–H groups in total. The van der Waals surface area contributed by atoms with Gasteiger partial charge in [-0.15, -0.1) is 11.3 Å². The van der Waals surface area contributed by atoms with Gasteiger partial charge in [-0.2, -0.15) is 0 Å². The highest BCUT2D eigenvalue weighted by Gasteiger charge is 2.16. The monoisotopic (exact) mass is 399 g/mol. The van der Waals surface area contributed by atoms with Gasteiger partial charge in [-0.1, -0.05) is 12.1 Å². The van der Waals surface area contributed by atoms with Crippen LogP contribution in [0.3, 0.4) is 0 Å². The van der Waals surface area contributed by atoms with Crippen LogP contribution in [0.5, 0.6) is 0 Å². The van der Waals surface area contributed by atoms with E-state index in [2.05, 4.69) is 10.3 Å². The van der Waals surface area contributed by atoms with Gasteiger partial charge < -0.3 is 5.32 Å². The number of rotatable bonds is 8. The Morgan fingerprint density at radius 2 is 1.96 bits per heavy atom. The molecule has 0 spiro atoms. The largest absolute Gasteiger partial charge is 0.351 e. The zero-order chi connectivity index (χ0) is 19.3. The summed E-state index contributed by atoms with van der Waals surface area (Å²) in [6, 6.07) is 6.20. The predicted octanol–water partition coefficient (Wildman–Crippen LogP) is 2.19. The van der Waals surface area contributed by atoms with Gasteiger partial charge in [-0.05, 0) is 31.0 Å². The van der Waals surface area contributed by atoms with Crippen molar-refractivity contribution >= 4 is 27.3 Å². The van der Waals surface area contributed by atoms with E-state index in [4.69, 9.17) is 0 Å². The number of nitrogens with zero attached hydrogens (tertiary/aromatic N) is 2. The van der Waals surface area contributed by atoms with Crippen molar-refractivity contribution in [2.45, 2.75) is 19.8 Å². The van der Waals surface area contributed by atoms with Crippen LogP contribution in [-0.2, 0) is 16.4 Å². The molecule has 1 aromatic carbocycles. The Kier molecular flexibility index (Phi) is 6.85. The summed E-state index contributed by atoms with van der Waals surface area (Å²) in [7, 11) is -1.70. The molecule has 2 rings (SSSR count). The summed E-state index contributed by atoms with van der Waals surface area (Å²) >= 11 is 1.31. The lowest BCUT2D eigenvalue weighted by Crippen LogP contribution is -2.30. The first kappa shape index (κ1) is 20.5. The number of halogens is 1. The van der Waals surface area contributed by atoms with Gasteiger partial charge in [0.2, 0.25) is 10.0 Å². The van der Waals surface area contributed by atoms with Crippen LogP contribution in [-0.4, -0.2) is 50.0 Å². The van der Waals surface area contributed by atoms with Crippen LogP contribution < -0.4 is 5.32 Å². The number of benzene rings is 1.